The van der Waals surface area contributed by atoms with Gasteiger partial charge in [-0.05, 0) is 17.7 Å². The van der Waals surface area contributed by atoms with Crippen LogP contribution in [0.25, 0.3) is 0 Å². The van der Waals surface area contributed by atoms with Crippen molar-refractivity contribution in [2.45, 2.75) is 12.6 Å². The fourth-order valence-electron chi connectivity index (χ4n) is 2.96. The van der Waals surface area contributed by atoms with E-state index < -0.39 is 0 Å². The van der Waals surface area contributed by atoms with E-state index in [0.717, 1.165) is 31.7 Å². The predicted molar refractivity (Wildman–Crippen MR) is 77.3 cm³/mol. The SMILES string of the molecule is NNC(=O)c1cccc(CN2CCN3C(=O)NCC3C2)c1. The molecular formula is C14H19N5O2. The van der Waals surface area contributed by atoms with Crippen LogP contribution in [0, 0.1) is 0 Å². The number of amides is 3. The van der Waals surface area contributed by atoms with E-state index in [1.165, 1.54) is 0 Å². The van der Waals surface area contributed by atoms with Crippen LogP contribution in [-0.2, 0) is 6.54 Å². The summed E-state index contributed by atoms with van der Waals surface area (Å²) in [4.78, 5) is 27.3. The number of piperazine rings is 1. The highest BCUT2D eigenvalue weighted by atomic mass is 16.2. The van der Waals surface area contributed by atoms with Crippen molar-refractivity contribution in [2.24, 2.45) is 5.84 Å². The van der Waals surface area contributed by atoms with E-state index in [0.29, 0.717) is 12.1 Å². The largest absolute Gasteiger partial charge is 0.336 e. The molecule has 1 unspecified atom stereocenters. The molecule has 0 radical (unpaired) electrons. The molecule has 0 bridgehead atoms. The summed E-state index contributed by atoms with van der Waals surface area (Å²) in [5, 5.41) is 2.87. The van der Waals surface area contributed by atoms with Crippen LogP contribution in [0.1, 0.15) is 15.9 Å². The first-order valence-electron chi connectivity index (χ1n) is 7.04. The van der Waals surface area contributed by atoms with E-state index >= 15 is 0 Å². The normalized spacial score (nSPS) is 21.9. The lowest BCUT2D eigenvalue weighted by atomic mass is 10.1. The lowest BCUT2D eigenvalue weighted by Crippen LogP contribution is -2.51. The molecule has 3 amide bonds. The molecule has 1 atom stereocenters. The van der Waals surface area contributed by atoms with E-state index in [2.05, 4.69) is 15.6 Å². The van der Waals surface area contributed by atoms with Gasteiger partial charge in [-0.25, -0.2) is 10.6 Å². The number of hydrogen-bond acceptors (Lipinski definition) is 4. The number of nitrogen functional groups attached to an aromatic ring is 1. The number of nitrogens with two attached hydrogens (primary N) is 1. The number of benzene rings is 1. The number of carbonyl (C=O) groups excluding carboxylic acids is 2. The Kier molecular flexibility index (Phi) is 3.76. The van der Waals surface area contributed by atoms with Crippen molar-refractivity contribution in [1.82, 2.24) is 20.5 Å². The van der Waals surface area contributed by atoms with Crippen molar-refractivity contribution in [2.75, 3.05) is 26.2 Å². The van der Waals surface area contributed by atoms with Crippen LogP contribution in [-0.4, -0.2) is 54.0 Å². The Morgan fingerprint density at radius 2 is 2.29 bits per heavy atom. The number of rotatable bonds is 3. The van der Waals surface area contributed by atoms with Gasteiger partial charge in [-0.3, -0.25) is 15.1 Å². The summed E-state index contributed by atoms with van der Waals surface area (Å²) in [6.07, 6.45) is 0. The van der Waals surface area contributed by atoms with Crippen molar-refractivity contribution >= 4 is 11.9 Å². The maximum absolute atomic E-state index is 11.6. The second-order valence-electron chi connectivity index (χ2n) is 5.44. The van der Waals surface area contributed by atoms with Crippen molar-refractivity contribution in [3.05, 3.63) is 35.4 Å². The molecule has 1 aromatic rings. The topological polar surface area (TPSA) is 90.7 Å². The summed E-state index contributed by atoms with van der Waals surface area (Å²) in [5.74, 6) is 4.87. The second-order valence-corrected chi connectivity index (χ2v) is 5.44. The molecule has 3 rings (SSSR count). The van der Waals surface area contributed by atoms with Crippen LogP contribution in [0.5, 0.6) is 0 Å². The number of nitrogens with one attached hydrogen (secondary N) is 2. The molecule has 7 heteroatoms. The zero-order chi connectivity index (χ0) is 14.8. The van der Waals surface area contributed by atoms with Gasteiger partial charge >= 0.3 is 6.03 Å². The first-order chi connectivity index (χ1) is 10.2. The number of hydrogen-bond donors (Lipinski definition) is 3. The van der Waals surface area contributed by atoms with E-state index in [4.69, 9.17) is 5.84 Å². The zero-order valence-corrected chi connectivity index (χ0v) is 11.7. The molecule has 0 saturated carbocycles. The number of hydrazine groups is 1. The van der Waals surface area contributed by atoms with Crippen LogP contribution < -0.4 is 16.6 Å². The molecule has 2 aliphatic rings. The Labute approximate surface area is 123 Å². The number of carbonyl (C=O) groups is 2. The van der Waals surface area contributed by atoms with Gasteiger partial charge in [-0.15, -0.1) is 0 Å². The monoisotopic (exact) mass is 289 g/mol. The Morgan fingerprint density at radius 3 is 3.10 bits per heavy atom. The van der Waals surface area contributed by atoms with Crippen molar-refractivity contribution < 1.29 is 9.59 Å². The highest BCUT2D eigenvalue weighted by molar-refractivity contribution is 5.93. The van der Waals surface area contributed by atoms with Gasteiger partial charge in [0.25, 0.3) is 5.91 Å². The summed E-state index contributed by atoms with van der Waals surface area (Å²) in [5.41, 5.74) is 3.77. The molecule has 0 aromatic heterocycles. The fourth-order valence-corrected chi connectivity index (χ4v) is 2.96. The number of nitrogens with zero attached hydrogens (tertiary/aromatic N) is 2. The Morgan fingerprint density at radius 1 is 1.43 bits per heavy atom. The highest BCUT2D eigenvalue weighted by Gasteiger charge is 2.35. The maximum atomic E-state index is 11.6. The minimum Gasteiger partial charge on any atom is -0.336 e. The molecule has 2 heterocycles. The average Bonchev–Trinajstić information content (AvgIpc) is 2.87. The van der Waals surface area contributed by atoms with Crippen LogP contribution in [0.2, 0.25) is 0 Å². The molecule has 0 aliphatic carbocycles. The van der Waals surface area contributed by atoms with Gasteiger partial charge in [0, 0.05) is 38.3 Å². The van der Waals surface area contributed by atoms with Crippen molar-refractivity contribution in [3.63, 3.8) is 0 Å². The van der Waals surface area contributed by atoms with Crippen LogP contribution >= 0.6 is 0 Å². The minimum atomic E-state index is -0.285. The lowest BCUT2D eigenvalue weighted by molar-refractivity contribution is 0.0952. The Bertz CT molecular complexity index is 562. The minimum absolute atomic E-state index is 0.0428. The molecule has 21 heavy (non-hydrogen) atoms. The van der Waals surface area contributed by atoms with Gasteiger partial charge in [0.05, 0.1) is 6.04 Å². The van der Waals surface area contributed by atoms with Gasteiger partial charge < -0.3 is 10.2 Å². The van der Waals surface area contributed by atoms with Gasteiger partial charge in [-0.2, -0.15) is 0 Å². The first-order valence-corrected chi connectivity index (χ1v) is 7.04. The smallest absolute Gasteiger partial charge is 0.317 e. The molecule has 7 nitrogen and oxygen atoms in total. The van der Waals surface area contributed by atoms with E-state index in [9.17, 15) is 9.59 Å². The van der Waals surface area contributed by atoms with Crippen LogP contribution in [0.15, 0.2) is 24.3 Å². The number of urea groups is 1. The highest BCUT2D eigenvalue weighted by Crippen LogP contribution is 2.17. The first kappa shape index (κ1) is 13.8. The average molecular weight is 289 g/mol. The lowest BCUT2D eigenvalue weighted by Gasteiger charge is -2.36. The molecule has 4 N–H and O–H groups in total. The molecular weight excluding hydrogens is 270 g/mol. The third kappa shape index (κ3) is 2.84. The fraction of sp³-hybridized carbons (Fsp3) is 0.429. The van der Waals surface area contributed by atoms with Crippen molar-refractivity contribution in [1.29, 1.82) is 0 Å². The van der Waals surface area contributed by atoms with Crippen LogP contribution in [0.4, 0.5) is 4.79 Å². The zero-order valence-electron chi connectivity index (χ0n) is 11.7. The summed E-state index contributed by atoms with van der Waals surface area (Å²) < 4.78 is 0. The van der Waals surface area contributed by atoms with Gasteiger partial charge in [0.2, 0.25) is 0 Å². The van der Waals surface area contributed by atoms with Gasteiger partial charge in [-0.1, -0.05) is 12.1 Å². The Balaban J connectivity index is 1.65. The van der Waals surface area contributed by atoms with Crippen LogP contribution in [0.3, 0.4) is 0 Å². The van der Waals surface area contributed by atoms with E-state index in [1.54, 1.807) is 6.07 Å². The summed E-state index contributed by atoms with van der Waals surface area (Å²) in [7, 11) is 0. The molecule has 0 spiro atoms. The van der Waals surface area contributed by atoms with Gasteiger partial charge in [0.1, 0.15) is 0 Å². The standard InChI is InChI=1S/C14H19N5O2/c15-17-13(20)11-3-1-2-10(6-11)8-18-4-5-19-12(9-18)7-16-14(19)21/h1-3,6,12H,4-5,7-9,15H2,(H,16,21)(H,17,20). The molecule has 2 fully saturated rings. The number of fused-ring (bicyclic) bond motifs is 1. The van der Waals surface area contributed by atoms with E-state index in [1.807, 2.05) is 23.1 Å². The predicted octanol–water partition coefficient (Wildman–Crippen LogP) is -0.500. The van der Waals surface area contributed by atoms with Gasteiger partial charge in [0.15, 0.2) is 0 Å². The van der Waals surface area contributed by atoms with E-state index in [-0.39, 0.29) is 18.0 Å². The third-order valence-electron chi connectivity index (χ3n) is 4.04. The third-order valence-corrected chi connectivity index (χ3v) is 4.04. The molecule has 2 saturated heterocycles. The summed E-state index contributed by atoms with van der Waals surface area (Å²) in [6.45, 7) is 3.93. The molecule has 1 aromatic carbocycles. The summed E-state index contributed by atoms with van der Waals surface area (Å²) in [6, 6.07) is 7.74. The maximum Gasteiger partial charge on any atom is 0.317 e. The summed E-state index contributed by atoms with van der Waals surface area (Å²) >= 11 is 0. The Hall–Kier alpha value is -2.12. The molecule has 2 aliphatic heterocycles. The quantitative estimate of drug-likeness (QED) is 0.397. The molecule has 112 valence electrons. The second kappa shape index (κ2) is 5.71. The van der Waals surface area contributed by atoms with Crippen molar-refractivity contribution in [3.8, 4) is 0 Å².